The summed E-state index contributed by atoms with van der Waals surface area (Å²) >= 11 is 0. The highest BCUT2D eigenvalue weighted by Crippen LogP contribution is 2.42. The molecule has 1 aromatic heterocycles. The van der Waals surface area contributed by atoms with Crippen LogP contribution in [-0.2, 0) is 9.57 Å². The quantitative estimate of drug-likeness (QED) is 0.669. The van der Waals surface area contributed by atoms with Crippen LogP contribution in [0.4, 0.5) is 22.9 Å². The van der Waals surface area contributed by atoms with Crippen molar-refractivity contribution >= 4 is 29.1 Å². The molecule has 166 valence electrons. The van der Waals surface area contributed by atoms with Gasteiger partial charge in [0.05, 0.1) is 42.5 Å². The molecule has 0 radical (unpaired) electrons. The summed E-state index contributed by atoms with van der Waals surface area (Å²) in [6.07, 6.45) is 3.62. The first-order chi connectivity index (χ1) is 15.6. The van der Waals surface area contributed by atoms with Crippen LogP contribution in [0, 0.1) is 0 Å². The molecule has 0 saturated carbocycles. The SMILES string of the molecule is CC1=C2NOC(Nc3ccc(N4CCOC[C@@H]4C)nc3)(N=C1)N2c1ccc2c(c1)NCO2. The number of allylic oxidation sites excluding steroid dienone is 1. The van der Waals surface area contributed by atoms with E-state index in [-0.39, 0.29) is 0 Å². The average Bonchev–Trinajstić information content (AvgIpc) is 3.39. The van der Waals surface area contributed by atoms with Crippen LogP contribution in [0.2, 0.25) is 0 Å². The monoisotopic (exact) mass is 435 g/mol. The average molecular weight is 435 g/mol. The summed E-state index contributed by atoms with van der Waals surface area (Å²) in [5, 5.41) is 6.65. The van der Waals surface area contributed by atoms with Gasteiger partial charge in [0.15, 0.2) is 6.73 Å². The number of hydrogen-bond acceptors (Lipinski definition) is 10. The first-order valence-electron chi connectivity index (χ1n) is 10.7. The molecule has 2 saturated heterocycles. The number of nitrogens with one attached hydrogen (secondary N) is 3. The van der Waals surface area contributed by atoms with Gasteiger partial charge in [-0.15, -0.1) is 0 Å². The minimum absolute atomic E-state index is 0.294. The summed E-state index contributed by atoms with van der Waals surface area (Å²) in [5.74, 6) is 1.43. The number of hydrogen-bond donors (Lipinski definition) is 3. The summed E-state index contributed by atoms with van der Waals surface area (Å²) in [4.78, 5) is 19.6. The van der Waals surface area contributed by atoms with E-state index in [1.54, 1.807) is 0 Å². The molecule has 0 amide bonds. The molecular formula is C22H25N7O3. The van der Waals surface area contributed by atoms with Gasteiger partial charge in [0.2, 0.25) is 0 Å². The number of hydroxylamine groups is 1. The number of pyridine rings is 1. The van der Waals surface area contributed by atoms with Gasteiger partial charge in [0, 0.05) is 18.3 Å². The Bertz CT molecular complexity index is 1100. The number of nitrogens with zero attached hydrogens (tertiary/aromatic N) is 4. The molecule has 10 heteroatoms. The fourth-order valence-corrected chi connectivity index (χ4v) is 4.36. The highest BCUT2D eigenvalue weighted by molar-refractivity contribution is 5.85. The summed E-state index contributed by atoms with van der Waals surface area (Å²) < 4.78 is 11.1. The number of anilines is 4. The Morgan fingerprint density at radius 2 is 2.19 bits per heavy atom. The molecule has 0 aliphatic carbocycles. The third kappa shape index (κ3) is 3.02. The molecule has 4 aliphatic heterocycles. The van der Waals surface area contributed by atoms with E-state index >= 15 is 0 Å². The van der Waals surface area contributed by atoms with Crippen molar-refractivity contribution < 1.29 is 14.3 Å². The maximum atomic E-state index is 5.99. The minimum atomic E-state index is -1.17. The fraction of sp³-hybridized carbons (Fsp3) is 0.364. The van der Waals surface area contributed by atoms with Crippen molar-refractivity contribution in [3.05, 3.63) is 47.9 Å². The van der Waals surface area contributed by atoms with Gasteiger partial charge in [-0.1, -0.05) is 0 Å². The van der Waals surface area contributed by atoms with Gasteiger partial charge in [0.1, 0.15) is 17.4 Å². The first kappa shape index (κ1) is 19.2. The highest BCUT2D eigenvalue weighted by atomic mass is 16.7. The van der Waals surface area contributed by atoms with Crippen LogP contribution in [0.15, 0.2) is 52.9 Å². The van der Waals surface area contributed by atoms with Gasteiger partial charge in [0.25, 0.3) is 0 Å². The van der Waals surface area contributed by atoms with E-state index in [0.717, 1.165) is 46.6 Å². The van der Waals surface area contributed by atoms with E-state index in [9.17, 15) is 0 Å². The Morgan fingerprint density at radius 1 is 1.25 bits per heavy atom. The van der Waals surface area contributed by atoms with Crippen LogP contribution in [0.25, 0.3) is 0 Å². The van der Waals surface area contributed by atoms with Crippen LogP contribution in [-0.4, -0.2) is 49.7 Å². The molecular weight excluding hydrogens is 410 g/mol. The van der Waals surface area contributed by atoms with Crippen LogP contribution < -0.4 is 30.7 Å². The molecule has 0 spiro atoms. The Morgan fingerprint density at radius 3 is 3.03 bits per heavy atom. The van der Waals surface area contributed by atoms with Crippen molar-refractivity contribution in [3.63, 3.8) is 0 Å². The van der Waals surface area contributed by atoms with Gasteiger partial charge in [-0.05, 0) is 44.2 Å². The summed E-state index contributed by atoms with van der Waals surface area (Å²) in [6.45, 7) is 6.87. The molecule has 2 aromatic rings. The lowest BCUT2D eigenvalue weighted by atomic mass is 10.2. The first-order valence-corrected chi connectivity index (χ1v) is 10.7. The number of aliphatic imine (C=N–C) groups is 1. The van der Waals surface area contributed by atoms with Gasteiger partial charge in [-0.3, -0.25) is 4.90 Å². The summed E-state index contributed by atoms with van der Waals surface area (Å²) in [7, 11) is 0. The van der Waals surface area contributed by atoms with Crippen molar-refractivity contribution in [2.45, 2.75) is 25.9 Å². The molecule has 1 unspecified atom stereocenters. The maximum absolute atomic E-state index is 5.99. The van der Waals surface area contributed by atoms with Crippen LogP contribution in [0.5, 0.6) is 5.75 Å². The fourth-order valence-electron chi connectivity index (χ4n) is 4.36. The molecule has 2 bridgehead atoms. The second-order valence-corrected chi connectivity index (χ2v) is 8.23. The van der Waals surface area contributed by atoms with Crippen molar-refractivity contribution in [1.29, 1.82) is 0 Å². The smallest absolute Gasteiger partial charge is 0.351 e. The molecule has 4 aliphatic rings. The van der Waals surface area contributed by atoms with Crippen molar-refractivity contribution in [2.24, 2.45) is 4.99 Å². The molecule has 2 fully saturated rings. The molecule has 5 heterocycles. The van der Waals surface area contributed by atoms with Crippen molar-refractivity contribution in [3.8, 4) is 5.75 Å². The zero-order valence-corrected chi connectivity index (χ0v) is 18.0. The molecule has 10 nitrogen and oxygen atoms in total. The lowest BCUT2D eigenvalue weighted by Gasteiger charge is -2.36. The zero-order valence-electron chi connectivity index (χ0n) is 18.0. The number of rotatable bonds is 4. The second kappa shape index (κ2) is 7.28. The van der Waals surface area contributed by atoms with Crippen molar-refractivity contribution in [1.82, 2.24) is 10.5 Å². The predicted octanol–water partition coefficient (Wildman–Crippen LogP) is 2.45. The molecule has 32 heavy (non-hydrogen) atoms. The van der Waals surface area contributed by atoms with E-state index < -0.39 is 5.97 Å². The zero-order chi connectivity index (χ0) is 21.7. The normalized spacial score (nSPS) is 25.9. The Labute approximate surface area is 185 Å². The van der Waals surface area contributed by atoms with Gasteiger partial charge < -0.3 is 25.0 Å². The van der Waals surface area contributed by atoms with Crippen LogP contribution in [0.1, 0.15) is 13.8 Å². The van der Waals surface area contributed by atoms with Crippen molar-refractivity contribution in [2.75, 3.05) is 46.9 Å². The third-order valence-corrected chi connectivity index (χ3v) is 6.05. The predicted molar refractivity (Wildman–Crippen MR) is 122 cm³/mol. The largest absolute Gasteiger partial charge is 0.471 e. The molecule has 2 atom stereocenters. The number of fused-ring (bicyclic) bond motifs is 3. The Kier molecular flexibility index (Phi) is 4.37. The maximum Gasteiger partial charge on any atom is 0.351 e. The standard InChI is InChI=1S/C22H25N7O3/c1-14-10-25-22(26-16-3-6-20(23-11-16)28-7-8-30-12-15(28)2)29(21(14)27-32-22)17-4-5-19-18(9-17)24-13-31-19/h3-6,9-11,15,24,26-27H,7-8,12-13H2,1-2H3/t15-,22?/m0/s1. The third-order valence-electron chi connectivity index (χ3n) is 6.05. The lowest BCUT2D eigenvalue weighted by Crippen LogP contribution is -2.51. The summed E-state index contributed by atoms with van der Waals surface area (Å²) in [5.41, 5.74) is 6.66. The Hall–Kier alpha value is -3.50. The van der Waals surface area contributed by atoms with Crippen LogP contribution >= 0.6 is 0 Å². The van der Waals surface area contributed by atoms with Gasteiger partial charge >= 0.3 is 5.97 Å². The van der Waals surface area contributed by atoms with E-state index in [1.165, 1.54) is 0 Å². The van der Waals surface area contributed by atoms with Crippen LogP contribution in [0.3, 0.4) is 0 Å². The molecule has 6 rings (SSSR count). The molecule has 1 aromatic carbocycles. The van der Waals surface area contributed by atoms with E-state index in [2.05, 4.69) is 32.9 Å². The van der Waals surface area contributed by atoms with Gasteiger partial charge in [-0.25, -0.2) is 20.3 Å². The molecule has 3 N–H and O–H groups in total. The number of morpholine rings is 1. The Balaban J connectivity index is 1.30. The minimum Gasteiger partial charge on any atom is -0.471 e. The highest BCUT2D eigenvalue weighted by Gasteiger charge is 2.49. The number of ether oxygens (including phenoxy) is 2. The van der Waals surface area contributed by atoms with Gasteiger partial charge in [-0.2, -0.15) is 0 Å². The van der Waals surface area contributed by atoms with E-state index in [1.807, 2.05) is 54.6 Å². The number of aromatic nitrogens is 1. The van der Waals surface area contributed by atoms with E-state index in [0.29, 0.717) is 26.0 Å². The lowest BCUT2D eigenvalue weighted by molar-refractivity contribution is -0.0214. The summed E-state index contributed by atoms with van der Waals surface area (Å²) in [6, 6.07) is 10.3. The topological polar surface area (TPSA) is 95.5 Å². The number of benzene rings is 1. The van der Waals surface area contributed by atoms with E-state index in [4.69, 9.17) is 19.3 Å². The second-order valence-electron chi connectivity index (χ2n) is 8.23.